The molecule has 1 amide bonds. The molecule has 4 fully saturated rings. The van der Waals surface area contributed by atoms with Crippen molar-refractivity contribution in [3.8, 4) is 11.5 Å². The summed E-state index contributed by atoms with van der Waals surface area (Å²) in [7, 11) is 3.33. The van der Waals surface area contributed by atoms with Crippen molar-refractivity contribution in [1.29, 1.82) is 0 Å². The molecule has 0 radical (unpaired) electrons. The van der Waals surface area contributed by atoms with Gasteiger partial charge in [-0.25, -0.2) is 0 Å². The number of piperidine rings is 1. The molecule has 1 saturated heterocycles. The third-order valence-electron chi connectivity index (χ3n) is 10.3. The molecule has 7 atom stereocenters. The summed E-state index contributed by atoms with van der Waals surface area (Å²) >= 11 is 0. The van der Waals surface area contributed by atoms with Crippen molar-refractivity contribution in [3.63, 3.8) is 0 Å². The molecule has 3 aliphatic carbocycles. The van der Waals surface area contributed by atoms with E-state index in [9.17, 15) is 9.59 Å². The van der Waals surface area contributed by atoms with Gasteiger partial charge in [0, 0.05) is 42.5 Å². The Labute approximate surface area is 198 Å². The van der Waals surface area contributed by atoms with Gasteiger partial charge in [0.15, 0.2) is 0 Å². The van der Waals surface area contributed by atoms with Crippen LogP contribution in [0, 0.1) is 34.5 Å². The maximum Gasteiger partial charge on any atom is 0.223 e. The molecule has 0 spiro atoms. The summed E-state index contributed by atoms with van der Waals surface area (Å²) in [5, 5.41) is 0. The standard InChI is InChI=1S/C28H39NO4/c1-17-14-23-27(2,21-10-12-28(3)20(26(17)21)8-9-24(28)30)13-11-25(31)29(23)16-18-6-7-19(32-4)15-22(18)33-5/h6-7,15,17,20-21,23,26H,8-14,16H2,1-5H3/t17-,20-,21-,23+,26-,27+,28-/m0/s1. The molecular formula is C28H39NO4. The fourth-order valence-corrected chi connectivity index (χ4v) is 8.45. The topological polar surface area (TPSA) is 55.8 Å². The molecule has 5 nitrogen and oxygen atoms in total. The number of carbonyl (C=O) groups excluding carboxylic acids is 2. The van der Waals surface area contributed by atoms with Crippen molar-refractivity contribution in [2.75, 3.05) is 14.2 Å². The molecule has 5 heteroatoms. The Kier molecular flexibility index (Phi) is 5.53. The molecule has 0 aromatic heterocycles. The van der Waals surface area contributed by atoms with Crippen molar-refractivity contribution >= 4 is 11.7 Å². The third kappa shape index (κ3) is 3.32. The molecule has 1 aromatic rings. The number of hydrogen-bond donors (Lipinski definition) is 0. The van der Waals surface area contributed by atoms with E-state index in [0.717, 1.165) is 55.6 Å². The number of ketones is 1. The van der Waals surface area contributed by atoms with Crippen LogP contribution in [-0.2, 0) is 16.1 Å². The van der Waals surface area contributed by atoms with Gasteiger partial charge in [0.25, 0.3) is 0 Å². The van der Waals surface area contributed by atoms with Crippen LogP contribution in [0.15, 0.2) is 18.2 Å². The number of fused-ring (bicyclic) bond motifs is 5. The highest BCUT2D eigenvalue weighted by Gasteiger charge is 2.63. The van der Waals surface area contributed by atoms with Crippen LogP contribution in [0.3, 0.4) is 0 Å². The number of Topliss-reactive ketones (excluding diaryl/α,β-unsaturated/α-hetero) is 1. The van der Waals surface area contributed by atoms with Gasteiger partial charge in [0.1, 0.15) is 17.3 Å². The molecular weight excluding hydrogens is 414 g/mol. The number of likely N-dealkylation sites (tertiary alicyclic amines) is 1. The van der Waals surface area contributed by atoms with Crippen molar-refractivity contribution in [1.82, 2.24) is 4.90 Å². The Bertz CT molecular complexity index is 959. The Hall–Kier alpha value is -2.04. The van der Waals surface area contributed by atoms with E-state index in [1.165, 1.54) is 0 Å². The normalized spacial score (nSPS) is 40.2. The number of benzene rings is 1. The van der Waals surface area contributed by atoms with E-state index in [2.05, 4.69) is 25.7 Å². The third-order valence-corrected chi connectivity index (χ3v) is 10.3. The summed E-state index contributed by atoms with van der Waals surface area (Å²) in [6.07, 6.45) is 6.58. The van der Waals surface area contributed by atoms with E-state index in [1.54, 1.807) is 14.2 Å². The van der Waals surface area contributed by atoms with Gasteiger partial charge in [-0.05, 0) is 73.3 Å². The quantitative estimate of drug-likeness (QED) is 0.625. The molecule has 0 unspecified atom stereocenters. The lowest BCUT2D eigenvalue weighted by molar-refractivity contribution is -0.170. The number of nitrogens with zero attached hydrogens (tertiary/aromatic N) is 1. The SMILES string of the molecule is COc1ccc(CN2C(=O)CC[C@]3(C)[C@H]4CC[C@]5(C)C(=O)CC[C@H]5[C@@H]4[C@@H](C)C[C@@H]23)c(OC)c1. The van der Waals surface area contributed by atoms with Gasteiger partial charge in [-0.15, -0.1) is 0 Å². The first-order valence-corrected chi connectivity index (χ1v) is 12.8. The van der Waals surface area contributed by atoms with Gasteiger partial charge in [0.05, 0.1) is 14.2 Å². The highest BCUT2D eigenvalue weighted by Crippen LogP contribution is 2.65. The molecule has 1 aliphatic heterocycles. The number of ether oxygens (including phenoxy) is 2. The molecule has 0 bridgehead atoms. The predicted molar refractivity (Wildman–Crippen MR) is 127 cm³/mol. The fraction of sp³-hybridized carbons (Fsp3) is 0.714. The molecule has 1 heterocycles. The zero-order chi connectivity index (χ0) is 23.5. The number of methoxy groups -OCH3 is 2. The van der Waals surface area contributed by atoms with Gasteiger partial charge in [-0.3, -0.25) is 9.59 Å². The Morgan fingerprint density at radius 2 is 1.82 bits per heavy atom. The van der Waals surface area contributed by atoms with Crippen LogP contribution in [0.1, 0.15) is 71.3 Å². The van der Waals surface area contributed by atoms with Crippen molar-refractivity contribution in [2.45, 2.75) is 78.3 Å². The second kappa shape index (κ2) is 8.02. The predicted octanol–water partition coefficient (Wildman–Crippen LogP) is 5.25. The van der Waals surface area contributed by atoms with E-state index < -0.39 is 0 Å². The van der Waals surface area contributed by atoms with E-state index in [4.69, 9.17) is 9.47 Å². The average Bonchev–Trinajstić information content (AvgIpc) is 3.11. The summed E-state index contributed by atoms with van der Waals surface area (Å²) in [5.41, 5.74) is 1.03. The Morgan fingerprint density at radius 3 is 2.55 bits per heavy atom. The van der Waals surface area contributed by atoms with Crippen molar-refractivity contribution < 1.29 is 19.1 Å². The van der Waals surface area contributed by atoms with Crippen LogP contribution < -0.4 is 9.47 Å². The van der Waals surface area contributed by atoms with E-state index in [0.29, 0.717) is 42.4 Å². The van der Waals surface area contributed by atoms with Crippen LogP contribution >= 0.6 is 0 Å². The summed E-state index contributed by atoms with van der Waals surface area (Å²) in [4.78, 5) is 28.2. The van der Waals surface area contributed by atoms with Gasteiger partial charge in [0.2, 0.25) is 5.91 Å². The van der Waals surface area contributed by atoms with Crippen LogP contribution in [0.4, 0.5) is 0 Å². The minimum Gasteiger partial charge on any atom is -0.497 e. The second-order valence-electron chi connectivity index (χ2n) is 11.6. The number of amides is 1. The van der Waals surface area contributed by atoms with E-state index in [1.807, 2.05) is 18.2 Å². The number of carbonyl (C=O) groups is 2. The van der Waals surface area contributed by atoms with E-state index >= 15 is 0 Å². The van der Waals surface area contributed by atoms with Crippen LogP contribution in [0.25, 0.3) is 0 Å². The summed E-state index contributed by atoms with van der Waals surface area (Å²) < 4.78 is 11.0. The molecule has 180 valence electrons. The fourth-order valence-electron chi connectivity index (χ4n) is 8.45. The first-order valence-electron chi connectivity index (χ1n) is 12.8. The molecule has 0 N–H and O–H groups in total. The lowest BCUT2D eigenvalue weighted by atomic mass is 9.45. The van der Waals surface area contributed by atoms with Gasteiger partial charge in [-0.2, -0.15) is 0 Å². The molecule has 3 saturated carbocycles. The monoisotopic (exact) mass is 453 g/mol. The highest BCUT2D eigenvalue weighted by molar-refractivity contribution is 5.87. The summed E-state index contributed by atoms with van der Waals surface area (Å²) in [5.74, 6) is 4.52. The minimum atomic E-state index is -0.112. The van der Waals surface area contributed by atoms with Crippen molar-refractivity contribution in [2.24, 2.45) is 34.5 Å². The average molecular weight is 454 g/mol. The van der Waals surface area contributed by atoms with Crippen LogP contribution in [0.2, 0.25) is 0 Å². The second-order valence-corrected chi connectivity index (χ2v) is 11.6. The zero-order valence-electron chi connectivity index (χ0n) is 20.9. The Morgan fingerprint density at radius 1 is 1.03 bits per heavy atom. The molecule has 33 heavy (non-hydrogen) atoms. The van der Waals surface area contributed by atoms with Gasteiger partial charge < -0.3 is 14.4 Å². The first kappa shape index (κ1) is 22.7. The largest absolute Gasteiger partial charge is 0.497 e. The van der Waals surface area contributed by atoms with Gasteiger partial charge >= 0.3 is 0 Å². The Balaban J connectivity index is 1.46. The molecule has 1 aromatic carbocycles. The van der Waals surface area contributed by atoms with Crippen molar-refractivity contribution in [3.05, 3.63) is 23.8 Å². The number of rotatable bonds is 4. The van der Waals surface area contributed by atoms with Gasteiger partial charge in [-0.1, -0.05) is 20.8 Å². The first-order chi connectivity index (χ1) is 15.7. The summed E-state index contributed by atoms with van der Waals surface area (Å²) in [6, 6.07) is 6.12. The molecule has 4 aliphatic rings. The highest BCUT2D eigenvalue weighted by atomic mass is 16.5. The van der Waals surface area contributed by atoms with Crippen LogP contribution in [0.5, 0.6) is 11.5 Å². The molecule has 5 rings (SSSR count). The zero-order valence-corrected chi connectivity index (χ0v) is 20.9. The van der Waals surface area contributed by atoms with Crippen LogP contribution in [-0.4, -0.2) is 36.9 Å². The van der Waals surface area contributed by atoms with E-state index in [-0.39, 0.29) is 22.8 Å². The maximum absolute atomic E-state index is 13.3. The summed E-state index contributed by atoms with van der Waals surface area (Å²) in [6.45, 7) is 7.66. The lowest BCUT2D eigenvalue weighted by Crippen LogP contribution is -2.63. The number of hydrogen-bond acceptors (Lipinski definition) is 4. The smallest absolute Gasteiger partial charge is 0.223 e. The maximum atomic E-state index is 13.3. The lowest BCUT2D eigenvalue weighted by Gasteiger charge is -2.63. The minimum absolute atomic E-state index is 0.109.